The van der Waals surface area contributed by atoms with Gasteiger partial charge in [-0.3, -0.25) is 0 Å². The van der Waals surface area contributed by atoms with Crippen LogP contribution in [0, 0.1) is 0 Å². The van der Waals surface area contributed by atoms with Crippen molar-refractivity contribution in [2.45, 2.75) is 37.6 Å². The van der Waals surface area contributed by atoms with Crippen molar-refractivity contribution in [1.29, 1.82) is 0 Å². The highest BCUT2D eigenvalue weighted by Crippen LogP contribution is 2.49. The second-order valence-electron chi connectivity index (χ2n) is 5.74. The maximum Gasteiger partial charge on any atom is 0.407 e. The molecule has 1 fully saturated rings. The molecular formula is C16H22N2O2. The van der Waals surface area contributed by atoms with E-state index in [1.54, 1.807) is 0 Å². The van der Waals surface area contributed by atoms with Crippen LogP contribution >= 0.6 is 0 Å². The van der Waals surface area contributed by atoms with E-state index in [9.17, 15) is 4.79 Å². The van der Waals surface area contributed by atoms with Crippen LogP contribution in [0.25, 0.3) is 0 Å². The Morgan fingerprint density at radius 2 is 2.15 bits per heavy atom. The molecule has 1 aromatic rings. The molecule has 4 heteroatoms. The third-order valence-electron chi connectivity index (χ3n) is 4.63. The first-order chi connectivity index (χ1) is 9.75. The van der Waals surface area contributed by atoms with E-state index in [0.29, 0.717) is 6.61 Å². The lowest BCUT2D eigenvalue weighted by molar-refractivity contribution is 0.146. The van der Waals surface area contributed by atoms with Crippen LogP contribution in [-0.4, -0.2) is 25.8 Å². The van der Waals surface area contributed by atoms with Crippen molar-refractivity contribution in [3.63, 3.8) is 0 Å². The van der Waals surface area contributed by atoms with Crippen LogP contribution in [0.2, 0.25) is 0 Å². The smallest absolute Gasteiger partial charge is 0.407 e. The number of piperidine rings is 1. The van der Waals surface area contributed by atoms with Gasteiger partial charge in [-0.1, -0.05) is 24.3 Å². The molecule has 0 aromatic heterocycles. The first kappa shape index (κ1) is 13.4. The Bertz CT molecular complexity index is 495. The van der Waals surface area contributed by atoms with Gasteiger partial charge in [0.25, 0.3) is 0 Å². The molecule has 1 heterocycles. The molecule has 1 amide bonds. The molecule has 0 bridgehead atoms. The Morgan fingerprint density at radius 1 is 1.40 bits per heavy atom. The van der Waals surface area contributed by atoms with Gasteiger partial charge in [-0.05, 0) is 50.4 Å². The molecule has 4 nitrogen and oxygen atoms in total. The summed E-state index contributed by atoms with van der Waals surface area (Å²) in [5.74, 6) is 0. The highest BCUT2D eigenvalue weighted by Gasteiger charge is 2.44. The van der Waals surface area contributed by atoms with Crippen molar-refractivity contribution in [2.75, 3.05) is 19.7 Å². The van der Waals surface area contributed by atoms with Crippen LogP contribution in [0.4, 0.5) is 4.79 Å². The molecule has 1 atom stereocenters. The average molecular weight is 274 g/mol. The number of carbonyl (C=O) groups is 1. The lowest BCUT2D eigenvalue weighted by atomic mass is 9.74. The first-order valence-electron chi connectivity index (χ1n) is 7.48. The Labute approximate surface area is 119 Å². The number of carbonyl (C=O) groups excluding carboxylic acids is 1. The molecule has 1 spiro atoms. The minimum Gasteiger partial charge on any atom is -0.450 e. The van der Waals surface area contributed by atoms with Gasteiger partial charge in [-0.25, -0.2) is 4.79 Å². The highest BCUT2D eigenvalue weighted by atomic mass is 16.5. The van der Waals surface area contributed by atoms with E-state index in [1.807, 2.05) is 6.92 Å². The zero-order valence-electron chi connectivity index (χ0n) is 11.9. The number of benzene rings is 1. The molecule has 3 rings (SSSR count). The molecule has 108 valence electrons. The molecule has 2 N–H and O–H groups in total. The van der Waals surface area contributed by atoms with Crippen LogP contribution in [0.15, 0.2) is 24.3 Å². The zero-order valence-corrected chi connectivity index (χ0v) is 11.9. The number of nitrogens with one attached hydrogen (secondary N) is 2. The minimum absolute atomic E-state index is 0.0864. The number of alkyl carbamates (subject to hydrolysis) is 1. The minimum atomic E-state index is -0.307. The molecule has 1 unspecified atom stereocenters. The molecule has 2 aliphatic rings. The summed E-state index contributed by atoms with van der Waals surface area (Å²) in [4.78, 5) is 11.7. The van der Waals surface area contributed by atoms with Crippen LogP contribution < -0.4 is 10.6 Å². The lowest BCUT2D eigenvalue weighted by Crippen LogP contribution is -2.39. The predicted molar refractivity (Wildman–Crippen MR) is 77.7 cm³/mol. The lowest BCUT2D eigenvalue weighted by Gasteiger charge is -2.35. The Morgan fingerprint density at radius 3 is 2.90 bits per heavy atom. The standard InChI is InChI=1S/C16H22N2O2/c1-2-20-15(19)18-14-11-16(7-9-17-10-8-16)13-6-4-3-5-12(13)14/h3-6,14,17H,2,7-11H2,1H3,(H,18,19). The SMILES string of the molecule is CCOC(=O)NC1CC2(CCNCC2)c2ccccc21. The number of fused-ring (bicyclic) bond motifs is 2. The topological polar surface area (TPSA) is 50.4 Å². The van der Waals surface area contributed by atoms with Crippen molar-refractivity contribution in [3.8, 4) is 0 Å². The van der Waals surface area contributed by atoms with Crippen molar-refractivity contribution in [1.82, 2.24) is 10.6 Å². The number of rotatable bonds is 2. The summed E-state index contributed by atoms with van der Waals surface area (Å²) < 4.78 is 5.03. The second-order valence-corrected chi connectivity index (χ2v) is 5.74. The molecule has 0 saturated carbocycles. The summed E-state index contributed by atoms with van der Waals surface area (Å²) in [6, 6.07) is 8.62. The van der Waals surface area contributed by atoms with Crippen LogP contribution in [0.5, 0.6) is 0 Å². The van der Waals surface area contributed by atoms with E-state index in [2.05, 4.69) is 34.9 Å². The van der Waals surface area contributed by atoms with Gasteiger partial charge in [0.15, 0.2) is 0 Å². The molecule has 20 heavy (non-hydrogen) atoms. The van der Waals surface area contributed by atoms with Gasteiger partial charge in [0.1, 0.15) is 0 Å². The molecule has 1 aliphatic heterocycles. The summed E-state index contributed by atoms with van der Waals surface area (Å²) in [5, 5.41) is 6.46. The quantitative estimate of drug-likeness (QED) is 0.871. The maximum absolute atomic E-state index is 11.7. The third-order valence-corrected chi connectivity index (χ3v) is 4.63. The van der Waals surface area contributed by atoms with Crippen molar-refractivity contribution in [3.05, 3.63) is 35.4 Å². The van der Waals surface area contributed by atoms with E-state index in [-0.39, 0.29) is 17.6 Å². The fourth-order valence-electron chi connectivity index (χ4n) is 3.72. The van der Waals surface area contributed by atoms with E-state index in [4.69, 9.17) is 4.74 Å². The average Bonchev–Trinajstić information content (AvgIpc) is 2.75. The normalized spacial score (nSPS) is 23.4. The number of amides is 1. The van der Waals surface area contributed by atoms with Gasteiger partial charge in [0.2, 0.25) is 0 Å². The van der Waals surface area contributed by atoms with Gasteiger partial charge in [0, 0.05) is 5.41 Å². The fraction of sp³-hybridized carbons (Fsp3) is 0.562. The molecule has 1 aromatic carbocycles. The Hall–Kier alpha value is -1.55. The molecular weight excluding hydrogens is 252 g/mol. The Balaban J connectivity index is 1.86. The van der Waals surface area contributed by atoms with E-state index < -0.39 is 0 Å². The third kappa shape index (κ3) is 2.29. The first-order valence-corrected chi connectivity index (χ1v) is 7.48. The summed E-state index contributed by atoms with van der Waals surface area (Å²) in [5.41, 5.74) is 2.91. The van der Waals surface area contributed by atoms with Gasteiger partial charge >= 0.3 is 6.09 Å². The predicted octanol–water partition coefficient (Wildman–Crippen LogP) is 2.50. The van der Waals surface area contributed by atoms with Gasteiger partial charge in [-0.15, -0.1) is 0 Å². The van der Waals surface area contributed by atoms with Crippen molar-refractivity contribution in [2.24, 2.45) is 0 Å². The Kier molecular flexibility index (Phi) is 3.66. The van der Waals surface area contributed by atoms with Gasteiger partial charge in [-0.2, -0.15) is 0 Å². The summed E-state index contributed by atoms with van der Waals surface area (Å²) in [7, 11) is 0. The maximum atomic E-state index is 11.7. The molecule has 1 aliphatic carbocycles. The van der Waals surface area contributed by atoms with E-state index in [1.165, 1.54) is 11.1 Å². The van der Waals surface area contributed by atoms with E-state index in [0.717, 1.165) is 32.4 Å². The highest BCUT2D eigenvalue weighted by molar-refractivity contribution is 5.68. The molecule has 1 saturated heterocycles. The van der Waals surface area contributed by atoms with Crippen LogP contribution in [0.3, 0.4) is 0 Å². The fourth-order valence-corrected chi connectivity index (χ4v) is 3.72. The van der Waals surface area contributed by atoms with E-state index >= 15 is 0 Å². The summed E-state index contributed by atoms with van der Waals surface area (Å²) >= 11 is 0. The van der Waals surface area contributed by atoms with Crippen molar-refractivity contribution < 1.29 is 9.53 Å². The van der Waals surface area contributed by atoms with Gasteiger partial charge < -0.3 is 15.4 Å². The number of hydrogen-bond donors (Lipinski definition) is 2. The number of ether oxygens (including phenoxy) is 1. The van der Waals surface area contributed by atoms with Crippen LogP contribution in [-0.2, 0) is 10.2 Å². The van der Waals surface area contributed by atoms with Crippen LogP contribution in [0.1, 0.15) is 43.4 Å². The van der Waals surface area contributed by atoms with Gasteiger partial charge in [0.05, 0.1) is 12.6 Å². The zero-order chi connectivity index (χ0) is 14.0. The largest absolute Gasteiger partial charge is 0.450 e. The molecule has 0 radical (unpaired) electrons. The number of hydrogen-bond acceptors (Lipinski definition) is 3. The second kappa shape index (κ2) is 5.44. The van der Waals surface area contributed by atoms with Crippen molar-refractivity contribution >= 4 is 6.09 Å². The monoisotopic (exact) mass is 274 g/mol. The summed E-state index contributed by atoms with van der Waals surface area (Å²) in [6.45, 7) is 4.35. The summed E-state index contributed by atoms with van der Waals surface area (Å²) in [6.07, 6.45) is 2.97.